The molecule has 1 aromatic heterocycles. The highest BCUT2D eigenvalue weighted by molar-refractivity contribution is 7.92. The number of aromatic nitrogens is 1. The number of anilines is 2. The Hall–Kier alpha value is -3.55. The van der Waals surface area contributed by atoms with Crippen LogP contribution in [0.2, 0.25) is 0 Å². The number of halogens is 3. The monoisotopic (exact) mass is 530 g/mol. The Morgan fingerprint density at radius 2 is 1.89 bits per heavy atom. The Bertz CT molecular complexity index is 1260. The molecule has 1 aliphatic rings. The topological polar surface area (TPSA) is 127 Å². The maximum absolute atomic E-state index is 13.6. The Kier molecular flexibility index (Phi) is 7.39. The second-order valence-corrected chi connectivity index (χ2v) is 10.9. The number of amides is 2. The minimum Gasteiger partial charge on any atom is -0.474 e. The number of rotatable bonds is 4. The van der Waals surface area contributed by atoms with Crippen molar-refractivity contribution in [1.29, 1.82) is 0 Å². The predicted octanol–water partition coefficient (Wildman–Crippen LogP) is 3.37. The van der Waals surface area contributed by atoms with Crippen LogP contribution in [0.5, 0.6) is 5.88 Å². The van der Waals surface area contributed by atoms with Crippen molar-refractivity contribution in [3.05, 3.63) is 42.1 Å². The average Bonchev–Trinajstić information content (AvgIpc) is 2.91. The molecule has 36 heavy (non-hydrogen) atoms. The SMILES string of the molecule is Cc1cccc(S(=O)(=O)N2CC(NC(=O)OC(C)(C)C)COc3ncc(NC(=O)C(F)(F)F)cc32)c1. The molecule has 3 rings (SSSR count). The lowest BCUT2D eigenvalue weighted by Crippen LogP contribution is -2.48. The molecule has 0 aliphatic carbocycles. The lowest BCUT2D eigenvalue weighted by atomic mass is 10.2. The maximum Gasteiger partial charge on any atom is 0.471 e. The molecule has 0 bridgehead atoms. The molecule has 196 valence electrons. The number of nitrogens with one attached hydrogen (secondary N) is 2. The van der Waals surface area contributed by atoms with E-state index in [1.54, 1.807) is 39.1 Å². The second-order valence-electron chi connectivity index (χ2n) is 9.01. The van der Waals surface area contributed by atoms with Gasteiger partial charge in [0.2, 0.25) is 5.88 Å². The summed E-state index contributed by atoms with van der Waals surface area (Å²) in [4.78, 5) is 27.5. The van der Waals surface area contributed by atoms with Crippen molar-refractivity contribution >= 4 is 33.4 Å². The number of hydrogen-bond donors (Lipinski definition) is 2. The van der Waals surface area contributed by atoms with Gasteiger partial charge in [0.25, 0.3) is 10.0 Å². The molecule has 1 unspecified atom stereocenters. The van der Waals surface area contributed by atoms with Crippen molar-refractivity contribution in [3.63, 3.8) is 0 Å². The van der Waals surface area contributed by atoms with Crippen molar-refractivity contribution in [2.75, 3.05) is 22.8 Å². The average molecular weight is 531 g/mol. The van der Waals surface area contributed by atoms with Crippen LogP contribution in [0.3, 0.4) is 0 Å². The molecule has 14 heteroatoms. The van der Waals surface area contributed by atoms with Gasteiger partial charge in [0.05, 0.1) is 29.4 Å². The van der Waals surface area contributed by atoms with Crippen LogP contribution in [-0.4, -0.2) is 56.4 Å². The summed E-state index contributed by atoms with van der Waals surface area (Å²) in [5.74, 6) is -2.47. The molecule has 0 spiro atoms. The first-order chi connectivity index (χ1) is 16.6. The van der Waals surface area contributed by atoms with E-state index in [1.165, 1.54) is 18.2 Å². The number of benzene rings is 1. The maximum atomic E-state index is 13.6. The minimum absolute atomic E-state index is 0.101. The molecule has 2 heterocycles. The van der Waals surface area contributed by atoms with E-state index < -0.39 is 45.5 Å². The molecule has 1 atom stereocenters. The molecule has 2 N–H and O–H groups in total. The van der Waals surface area contributed by atoms with E-state index in [0.717, 1.165) is 16.6 Å². The molecule has 0 radical (unpaired) electrons. The van der Waals surface area contributed by atoms with Crippen LogP contribution in [0.4, 0.5) is 29.3 Å². The fourth-order valence-corrected chi connectivity index (χ4v) is 4.83. The van der Waals surface area contributed by atoms with Crippen LogP contribution < -0.4 is 19.7 Å². The Morgan fingerprint density at radius 3 is 2.50 bits per heavy atom. The number of aryl methyl sites for hydroxylation is 1. The summed E-state index contributed by atoms with van der Waals surface area (Å²) >= 11 is 0. The normalized spacial score (nSPS) is 16.3. The van der Waals surface area contributed by atoms with Crippen LogP contribution in [0.25, 0.3) is 0 Å². The summed E-state index contributed by atoms with van der Waals surface area (Å²) in [5.41, 5.74) is -0.790. The van der Waals surface area contributed by atoms with Crippen molar-refractivity contribution < 1.29 is 40.7 Å². The number of fused-ring (bicyclic) bond motifs is 1. The van der Waals surface area contributed by atoms with E-state index in [4.69, 9.17) is 9.47 Å². The van der Waals surface area contributed by atoms with Crippen LogP contribution >= 0.6 is 0 Å². The van der Waals surface area contributed by atoms with E-state index in [9.17, 15) is 31.2 Å². The lowest BCUT2D eigenvalue weighted by molar-refractivity contribution is -0.167. The van der Waals surface area contributed by atoms with E-state index in [2.05, 4.69) is 10.3 Å². The van der Waals surface area contributed by atoms with Crippen LogP contribution in [-0.2, 0) is 19.6 Å². The third kappa shape index (κ3) is 6.56. The largest absolute Gasteiger partial charge is 0.474 e. The van der Waals surface area contributed by atoms with Gasteiger partial charge < -0.3 is 20.1 Å². The third-order valence-corrected chi connectivity index (χ3v) is 6.50. The first-order valence-electron chi connectivity index (χ1n) is 10.7. The molecule has 0 fully saturated rings. The number of hydrogen-bond acceptors (Lipinski definition) is 7. The zero-order chi connectivity index (χ0) is 26.9. The van der Waals surface area contributed by atoms with Gasteiger partial charge in [-0.15, -0.1) is 0 Å². The first-order valence-corrected chi connectivity index (χ1v) is 12.1. The van der Waals surface area contributed by atoms with Gasteiger partial charge in [-0.2, -0.15) is 13.2 Å². The molecular formula is C22H25F3N4O6S. The number of carbonyl (C=O) groups is 2. The summed E-state index contributed by atoms with van der Waals surface area (Å²) in [6, 6.07) is 6.09. The van der Waals surface area contributed by atoms with Crippen molar-refractivity contribution in [3.8, 4) is 5.88 Å². The van der Waals surface area contributed by atoms with Gasteiger partial charge in [-0.25, -0.2) is 18.2 Å². The van der Waals surface area contributed by atoms with E-state index in [0.29, 0.717) is 5.56 Å². The molecule has 10 nitrogen and oxygen atoms in total. The van der Waals surface area contributed by atoms with Crippen LogP contribution in [0.1, 0.15) is 26.3 Å². The molecule has 1 aliphatic heterocycles. The summed E-state index contributed by atoms with van der Waals surface area (Å²) < 4.78 is 77.2. The number of pyridine rings is 1. The number of nitrogens with zero attached hydrogens (tertiary/aromatic N) is 2. The highest BCUT2D eigenvalue weighted by Crippen LogP contribution is 2.35. The molecule has 0 saturated carbocycles. The van der Waals surface area contributed by atoms with E-state index in [-0.39, 0.29) is 29.6 Å². The summed E-state index contributed by atoms with van der Waals surface area (Å²) in [6.45, 7) is 6.08. The van der Waals surface area contributed by atoms with Gasteiger partial charge in [-0.05, 0) is 51.5 Å². The van der Waals surface area contributed by atoms with Gasteiger partial charge in [0.15, 0.2) is 0 Å². The standard InChI is InChI=1S/C22H25F3N4O6S/c1-13-6-5-7-16(8-13)36(32,33)29-11-15(28-20(31)35-21(2,3)4)12-34-18-17(29)9-14(10-26-18)27-19(30)22(23,24)25/h5-10,15H,11-12H2,1-4H3,(H,27,30)(H,28,31). The smallest absolute Gasteiger partial charge is 0.471 e. The van der Waals surface area contributed by atoms with Gasteiger partial charge in [0.1, 0.15) is 17.9 Å². The number of alkyl halides is 3. The molecular weight excluding hydrogens is 505 g/mol. The molecule has 0 saturated heterocycles. The Balaban J connectivity index is 2.03. The zero-order valence-electron chi connectivity index (χ0n) is 19.8. The number of sulfonamides is 1. The second kappa shape index (κ2) is 9.84. The van der Waals surface area contributed by atoms with E-state index in [1.807, 2.05) is 0 Å². The zero-order valence-corrected chi connectivity index (χ0v) is 20.7. The highest BCUT2D eigenvalue weighted by Gasteiger charge is 2.39. The Morgan fingerprint density at radius 1 is 1.19 bits per heavy atom. The first kappa shape index (κ1) is 27.0. The summed E-state index contributed by atoms with van der Waals surface area (Å²) in [7, 11) is -4.31. The number of carbonyl (C=O) groups excluding carboxylic acids is 2. The fourth-order valence-electron chi connectivity index (χ4n) is 3.22. The predicted molar refractivity (Wildman–Crippen MR) is 123 cm³/mol. The van der Waals surface area contributed by atoms with Gasteiger partial charge in [0, 0.05) is 0 Å². The lowest BCUT2D eigenvalue weighted by Gasteiger charge is -2.27. The van der Waals surface area contributed by atoms with Crippen molar-refractivity contribution in [1.82, 2.24) is 10.3 Å². The number of ether oxygens (including phenoxy) is 2. The van der Waals surface area contributed by atoms with E-state index >= 15 is 0 Å². The summed E-state index contributed by atoms with van der Waals surface area (Å²) in [5, 5.41) is 4.19. The van der Waals surface area contributed by atoms with Gasteiger partial charge in [-0.3, -0.25) is 9.10 Å². The number of alkyl carbamates (subject to hydrolysis) is 1. The van der Waals surface area contributed by atoms with Crippen molar-refractivity contribution in [2.45, 2.75) is 50.4 Å². The fraction of sp³-hybridized carbons (Fsp3) is 0.409. The van der Waals surface area contributed by atoms with Crippen LogP contribution in [0, 0.1) is 6.92 Å². The van der Waals surface area contributed by atoms with Gasteiger partial charge in [-0.1, -0.05) is 12.1 Å². The van der Waals surface area contributed by atoms with Crippen molar-refractivity contribution in [2.24, 2.45) is 0 Å². The molecule has 2 amide bonds. The third-order valence-electron chi connectivity index (χ3n) is 4.72. The molecule has 2 aromatic rings. The highest BCUT2D eigenvalue weighted by atomic mass is 32.2. The quantitative estimate of drug-likeness (QED) is 0.621. The minimum atomic E-state index is -5.17. The Labute approximate surface area is 205 Å². The summed E-state index contributed by atoms with van der Waals surface area (Å²) in [6.07, 6.45) is -5.08. The van der Waals surface area contributed by atoms with Crippen LogP contribution in [0.15, 0.2) is 41.4 Å². The molecule has 1 aromatic carbocycles. The van der Waals surface area contributed by atoms with Gasteiger partial charge >= 0.3 is 18.2 Å².